The Hall–Kier alpha value is -2.91. The number of piperidine rings is 1. The molecule has 0 bridgehead atoms. The lowest BCUT2D eigenvalue weighted by Gasteiger charge is -2.51. The molecule has 0 unspecified atom stereocenters. The lowest BCUT2D eigenvalue weighted by atomic mass is 9.66. The molecule has 0 aromatic heterocycles. The summed E-state index contributed by atoms with van der Waals surface area (Å²) in [5.41, 5.74) is 0.596. The number of rotatable bonds is 9. The summed E-state index contributed by atoms with van der Waals surface area (Å²) < 4.78 is 17.3. The molecular formula is C28H29Cl2NO7. The lowest BCUT2D eigenvalue weighted by Crippen LogP contribution is -2.60. The van der Waals surface area contributed by atoms with Gasteiger partial charge in [0, 0.05) is 15.7 Å². The fraction of sp³-hybridized carbons (Fsp3) is 0.393. The van der Waals surface area contributed by atoms with E-state index < -0.39 is 47.8 Å². The number of carbonyl (C=O) groups excluding carboxylic acids is 2. The molecule has 0 radical (unpaired) electrons. The third kappa shape index (κ3) is 5.73. The second-order valence-electron chi connectivity index (χ2n) is 9.49. The van der Waals surface area contributed by atoms with Crippen LogP contribution < -0.4 is 0 Å². The number of esters is 1. The predicted octanol–water partition coefficient (Wildman–Crippen LogP) is 4.86. The van der Waals surface area contributed by atoms with Gasteiger partial charge in [-0.05, 0) is 42.7 Å². The summed E-state index contributed by atoms with van der Waals surface area (Å²) in [6, 6.07) is 14.6. The highest BCUT2D eigenvalue weighted by Crippen LogP contribution is 2.51. The van der Waals surface area contributed by atoms with Crippen LogP contribution in [-0.2, 0) is 41.7 Å². The topological polar surface area (TPSA) is 102 Å². The van der Waals surface area contributed by atoms with E-state index in [1.54, 1.807) is 31.2 Å². The number of fused-ring (bicyclic) bond motifs is 1. The van der Waals surface area contributed by atoms with Crippen LogP contribution in [0, 0.1) is 11.3 Å². The molecule has 4 atom stereocenters. The Bertz CT molecular complexity index is 1230. The van der Waals surface area contributed by atoms with Gasteiger partial charge in [0.2, 0.25) is 5.91 Å². The number of carboxylic acid groups (broad SMARTS) is 1. The molecule has 0 saturated carbocycles. The number of ether oxygens (including phenoxy) is 3. The van der Waals surface area contributed by atoms with Gasteiger partial charge in [0.15, 0.2) is 0 Å². The normalized spacial score (nSPS) is 24.9. The van der Waals surface area contributed by atoms with Crippen LogP contribution in [0.4, 0.5) is 0 Å². The Labute approximate surface area is 231 Å². The molecule has 2 aromatic rings. The quantitative estimate of drug-likeness (QED) is 0.436. The molecule has 2 aromatic carbocycles. The van der Waals surface area contributed by atoms with Crippen molar-refractivity contribution in [3.8, 4) is 0 Å². The number of hydrogen-bond acceptors (Lipinski definition) is 6. The second kappa shape index (κ2) is 11.9. The van der Waals surface area contributed by atoms with E-state index >= 15 is 0 Å². The summed E-state index contributed by atoms with van der Waals surface area (Å²) in [4.78, 5) is 40.2. The van der Waals surface area contributed by atoms with Gasteiger partial charge in [-0.15, -0.1) is 0 Å². The molecule has 2 heterocycles. The summed E-state index contributed by atoms with van der Waals surface area (Å²) in [6.07, 6.45) is -0.0752. The molecule has 2 aliphatic rings. The highest BCUT2D eigenvalue weighted by atomic mass is 35.5. The highest BCUT2D eigenvalue weighted by molar-refractivity contribution is 6.35. The van der Waals surface area contributed by atoms with Crippen molar-refractivity contribution in [3.05, 3.63) is 81.5 Å². The monoisotopic (exact) mass is 561 g/mol. The number of carboxylic acids is 1. The van der Waals surface area contributed by atoms with Crippen molar-refractivity contribution in [2.24, 2.45) is 11.3 Å². The predicted molar refractivity (Wildman–Crippen MR) is 140 cm³/mol. The molecule has 0 spiro atoms. The molecule has 1 amide bonds. The maximum atomic E-state index is 13.7. The van der Waals surface area contributed by atoms with Crippen LogP contribution in [0.3, 0.4) is 0 Å². The molecule has 2 aliphatic heterocycles. The summed E-state index contributed by atoms with van der Waals surface area (Å²) >= 11 is 12.5. The summed E-state index contributed by atoms with van der Waals surface area (Å²) in [6.45, 7) is 2.29. The lowest BCUT2D eigenvalue weighted by molar-refractivity contribution is -0.179. The van der Waals surface area contributed by atoms with Crippen molar-refractivity contribution < 1.29 is 33.7 Å². The van der Waals surface area contributed by atoms with Gasteiger partial charge in [-0.2, -0.15) is 0 Å². The van der Waals surface area contributed by atoms with E-state index in [2.05, 4.69) is 0 Å². The van der Waals surface area contributed by atoms with Crippen LogP contribution in [0.25, 0.3) is 0 Å². The van der Waals surface area contributed by atoms with Gasteiger partial charge in [-0.25, -0.2) is 0 Å². The van der Waals surface area contributed by atoms with Gasteiger partial charge < -0.3 is 24.2 Å². The maximum Gasteiger partial charge on any atom is 0.320 e. The average molecular weight is 562 g/mol. The molecule has 202 valence electrons. The fourth-order valence-electron chi connectivity index (χ4n) is 5.21. The summed E-state index contributed by atoms with van der Waals surface area (Å²) in [7, 11) is 1.26. The minimum Gasteiger partial charge on any atom is -0.481 e. The number of likely N-dealkylation sites (tertiary alicyclic amines) is 1. The maximum absolute atomic E-state index is 13.7. The van der Waals surface area contributed by atoms with Gasteiger partial charge in [-0.1, -0.05) is 59.6 Å². The van der Waals surface area contributed by atoms with Crippen LogP contribution in [0.15, 0.2) is 60.3 Å². The minimum atomic E-state index is -1.39. The number of methoxy groups -OCH3 is 1. The van der Waals surface area contributed by atoms with E-state index in [1.165, 1.54) is 12.0 Å². The zero-order valence-corrected chi connectivity index (χ0v) is 22.6. The summed E-state index contributed by atoms with van der Waals surface area (Å²) in [5, 5.41) is 10.3. The first-order chi connectivity index (χ1) is 18.1. The van der Waals surface area contributed by atoms with Gasteiger partial charge >= 0.3 is 11.9 Å². The highest BCUT2D eigenvalue weighted by Gasteiger charge is 2.59. The number of amides is 1. The molecule has 4 rings (SSSR count). The molecule has 8 nitrogen and oxygen atoms in total. The van der Waals surface area contributed by atoms with Crippen molar-refractivity contribution in [3.63, 3.8) is 0 Å². The SMILES string of the molecule is COC(=O)[C@@]12C[C@H](CC(=O)O)C(=O)N(Cc3ccc(Cl)cc3Cl)C1=C[C@@H](COCc1ccccc1)O[C@H]2C. The second-order valence-corrected chi connectivity index (χ2v) is 10.3. The average Bonchev–Trinajstić information content (AvgIpc) is 2.88. The van der Waals surface area contributed by atoms with E-state index in [0.29, 0.717) is 27.9 Å². The largest absolute Gasteiger partial charge is 0.481 e. The Morgan fingerprint density at radius 2 is 1.92 bits per heavy atom. The number of benzene rings is 2. The third-order valence-corrected chi connectivity index (χ3v) is 7.64. The van der Waals surface area contributed by atoms with E-state index in [4.69, 9.17) is 37.4 Å². The van der Waals surface area contributed by atoms with Crippen LogP contribution in [0.2, 0.25) is 10.0 Å². The van der Waals surface area contributed by atoms with E-state index in [9.17, 15) is 19.5 Å². The molecule has 38 heavy (non-hydrogen) atoms. The van der Waals surface area contributed by atoms with Crippen molar-refractivity contribution in [1.82, 2.24) is 4.90 Å². The zero-order chi connectivity index (χ0) is 27.4. The Morgan fingerprint density at radius 1 is 1.18 bits per heavy atom. The fourth-order valence-corrected chi connectivity index (χ4v) is 5.68. The van der Waals surface area contributed by atoms with Crippen molar-refractivity contribution in [2.45, 2.75) is 45.1 Å². The Balaban J connectivity index is 1.72. The summed E-state index contributed by atoms with van der Waals surface area (Å²) in [5.74, 6) is -3.12. The molecule has 1 saturated heterocycles. The number of carbonyl (C=O) groups is 3. The zero-order valence-electron chi connectivity index (χ0n) is 21.1. The van der Waals surface area contributed by atoms with Crippen LogP contribution >= 0.6 is 23.2 Å². The third-order valence-electron chi connectivity index (χ3n) is 7.06. The van der Waals surface area contributed by atoms with E-state index in [0.717, 1.165) is 5.56 Å². The molecule has 10 heteroatoms. The Kier molecular flexibility index (Phi) is 8.78. The molecular weight excluding hydrogens is 533 g/mol. The van der Waals surface area contributed by atoms with Crippen LogP contribution in [0.1, 0.15) is 30.9 Å². The van der Waals surface area contributed by atoms with Crippen LogP contribution in [-0.4, -0.2) is 53.8 Å². The van der Waals surface area contributed by atoms with Gasteiger partial charge in [0.25, 0.3) is 0 Å². The van der Waals surface area contributed by atoms with Gasteiger partial charge in [-0.3, -0.25) is 14.4 Å². The number of hydrogen-bond donors (Lipinski definition) is 1. The van der Waals surface area contributed by atoms with Crippen LogP contribution in [0.5, 0.6) is 0 Å². The Morgan fingerprint density at radius 3 is 2.58 bits per heavy atom. The molecule has 1 N–H and O–H groups in total. The number of halogens is 2. The number of nitrogens with zero attached hydrogens (tertiary/aromatic N) is 1. The smallest absolute Gasteiger partial charge is 0.320 e. The van der Waals surface area contributed by atoms with Crippen molar-refractivity contribution >= 4 is 41.0 Å². The first kappa shape index (κ1) is 28.1. The van der Waals surface area contributed by atoms with Gasteiger partial charge in [0.05, 0.1) is 45.3 Å². The van der Waals surface area contributed by atoms with E-state index in [-0.39, 0.29) is 19.6 Å². The molecule has 0 aliphatic carbocycles. The molecule has 1 fully saturated rings. The standard InChI is InChI=1S/C28H29Cl2NO7/c1-17-28(27(35)36-2)13-20(10-25(32)33)26(34)31(14-19-8-9-21(29)11-23(19)30)24(28)12-22(38-17)16-37-15-18-6-4-3-5-7-18/h3-9,11-12,17,20,22H,10,13-16H2,1-2H3,(H,32,33)/t17-,20-,22-,28+/m0/s1. The van der Waals surface area contributed by atoms with E-state index in [1.807, 2.05) is 30.3 Å². The van der Waals surface area contributed by atoms with Crippen molar-refractivity contribution in [2.75, 3.05) is 13.7 Å². The van der Waals surface area contributed by atoms with Crippen molar-refractivity contribution in [1.29, 1.82) is 0 Å². The van der Waals surface area contributed by atoms with Gasteiger partial charge in [0.1, 0.15) is 11.5 Å². The number of aliphatic carboxylic acids is 1. The first-order valence-electron chi connectivity index (χ1n) is 12.2. The minimum absolute atomic E-state index is 0.0137. The first-order valence-corrected chi connectivity index (χ1v) is 13.0.